The smallest absolute Gasteiger partial charge is 0.407 e. The van der Waals surface area contributed by atoms with E-state index in [1.165, 1.54) is 7.11 Å². The molecule has 12 heteroatoms. The van der Waals surface area contributed by atoms with E-state index in [4.69, 9.17) is 14.7 Å². The minimum absolute atomic E-state index is 0.00341. The number of imidazole rings is 2. The fourth-order valence-electron chi connectivity index (χ4n) is 8.31. The first-order valence-electron chi connectivity index (χ1n) is 17.9. The molecule has 3 amide bonds. The molecule has 0 unspecified atom stereocenters. The normalized spacial score (nSPS) is 21.5. The Balaban J connectivity index is 0.921. The number of pyridine rings is 1. The Morgan fingerprint density at radius 3 is 1.98 bits per heavy atom. The molecule has 6 heterocycles. The van der Waals surface area contributed by atoms with Crippen LogP contribution in [0.25, 0.3) is 44.3 Å². The first-order chi connectivity index (χ1) is 25.4. The summed E-state index contributed by atoms with van der Waals surface area (Å²) in [5.41, 5.74) is 8.52. The van der Waals surface area contributed by atoms with Crippen molar-refractivity contribution in [3.05, 3.63) is 102 Å². The number of rotatable bonds is 6. The Hall–Kier alpha value is -6.04. The molecule has 12 nitrogen and oxygen atoms in total. The first kappa shape index (κ1) is 31.9. The number of hydrogen-bond donors (Lipinski definition) is 3. The van der Waals surface area contributed by atoms with Gasteiger partial charge in [0, 0.05) is 30.5 Å². The second kappa shape index (κ2) is 12.9. The highest BCUT2D eigenvalue weighted by molar-refractivity contribution is 5.94. The third kappa shape index (κ3) is 5.64. The molecule has 3 aliphatic rings. The molecule has 0 radical (unpaired) electrons. The zero-order chi connectivity index (χ0) is 35.3. The van der Waals surface area contributed by atoms with Crippen LogP contribution in [0.2, 0.25) is 0 Å². The number of aromatic nitrogens is 5. The second-order valence-electron chi connectivity index (χ2n) is 13.9. The number of carbonyl (C=O) groups is 3. The summed E-state index contributed by atoms with van der Waals surface area (Å²) in [5.74, 6) is 1.51. The lowest BCUT2D eigenvalue weighted by Crippen LogP contribution is -2.54. The van der Waals surface area contributed by atoms with Gasteiger partial charge in [-0.2, -0.15) is 0 Å². The highest BCUT2D eigenvalue weighted by atomic mass is 16.5. The summed E-state index contributed by atoms with van der Waals surface area (Å²) in [6, 6.07) is 23.8. The third-order valence-corrected chi connectivity index (χ3v) is 10.9. The molecule has 262 valence electrons. The van der Waals surface area contributed by atoms with Crippen LogP contribution in [0, 0.1) is 0 Å². The van der Waals surface area contributed by atoms with Crippen molar-refractivity contribution in [2.24, 2.45) is 0 Å². The van der Waals surface area contributed by atoms with Gasteiger partial charge >= 0.3 is 6.09 Å². The van der Waals surface area contributed by atoms with Crippen LogP contribution in [0.4, 0.5) is 4.79 Å². The number of hydrogen-bond acceptors (Lipinski definition) is 7. The molecular formula is C40H38N8O4. The number of likely N-dealkylation sites (tertiary alicyclic amines) is 1. The van der Waals surface area contributed by atoms with Gasteiger partial charge in [-0.1, -0.05) is 36.4 Å². The molecule has 6 aromatic rings. The van der Waals surface area contributed by atoms with E-state index in [0.29, 0.717) is 18.5 Å². The van der Waals surface area contributed by atoms with E-state index in [-0.39, 0.29) is 29.9 Å². The predicted octanol–water partition coefficient (Wildman–Crippen LogP) is 6.70. The molecule has 0 aliphatic carbocycles. The number of aromatic amines is 2. The number of benzene rings is 3. The van der Waals surface area contributed by atoms with Crippen LogP contribution in [0.15, 0.2) is 85.2 Å². The van der Waals surface area contributed by atoms with E-state index in [9.17, 15) is 14.4 Å². The standard InChI is InChI=1S/C40H38N8O4/c1-52-40(51)46-31-14-10-28-11-15-35(48(28)39(31)50)37-43-30-13-9-27(22-33(30)45-37)24-6-4-23(5-7-24)26-8-12-29-32(21-26)44-36(42-29)34-3-2-20-47(34)38(49)25-16-18-41-19-17-25/h4-9,12-13,16-19,21-22,28,31,34-35H,2-3,10-11,14-15,20H2,1H3,(H,42,44)(H,43,45)(H,46,51)/t28-,31-,34-,35-/m0/s1. The topological polar surface area (TPSA) is 149 Å². The predicted molar refractivity (Wildman–Crippen MR) is 195 cm³/mol. The SMILES string of the molecule is COC(=O)N[C@H]1CC[C@H]2CC[C@@H](c3nc4ccc(-c5ccc(-c6ccc7nc([C@@H]8CCCN8C(=O)c8ccncc8)[nH]c7c6)cc5)cc4[nH]3)N2C1=O. The summed E-state index contributed by atoms with van der Waals surface area (Å²) >= 11 is 0. The maximum Gasteiger partial charge on any atom is 0.407 e. The average Bonchev–Trinajstić information content (AvgIpc) is 4.00. The Morgan fingerprint density at radius 2 is 1.35 bits per heavy atom. The van der Waals surface area contributed by atoms with Crippen LogP contribution >= 0.6 is 0 Å². The van der Waals surface area contributed by atoms with Crippen molar-refractivity contribution in [3.8, 4) is 22.3 Å². The quantitative estimate of drug-likeness (QED) is 0.176. The summed E-state index contributed by atoms with van der Waals surface area (Å²) < 4.78 is 4.74. The molecule has 3 aromatic carbocycles. The van der Waals surface area contributed by atoms with Crippen LogP contribution in [0.3, 0.4) is 0 Å². The van der Waals surface area contributed by atoms with E-state index in [1.54, 1.807) is 24.5 Å². The summed E-state index contributed by atoms with van der Waals surface area (Å²) in [6.07, 6.45) is 7.70. The Morgan fingerprint density at radius 1 is 0.750 bits per heavy atom. The fourth-order valence-corrected chi connectivity index (χ4v) is 8.31. The molecule has 0 saturated carbocycles. The van der Waals surface area contributed by atoms with Gasteiger partial charge in [-0.3, -0.25) is 14.6 Å². The van der Waals surface area contributed by atoms with Gasteiger partial charge in [-0.05, 0) is 97.2 Å². The fraction of sp³-hybridized carbons (Fsp3) is 0.300. The van der Waals surface area contributed by atoms with Crippen LogP contribution in [-0.2, 0) is 9.53 Å². The van der Waals surface area contributed by atoms with E-state index in [1.807, 2.05) is 21.9 Å². The number of nitrogens with one attached hydrogen (secondary N) is 3. The summed E-state index contributed by atoms with van der Waals surface area (Å²) in [7, 11) is 1.31. The summed E-state index contributed by atoms with van der Waals surface area (Å²) in [6.45, 7) is 0.702. The van der Waals surface area contributed by atoms with Gasteiger partial charge < -0.3 is 29.8 Å². The van der Waals surface area contributed by atoms with Crippen LogP contribution < -0.4 is 5.32 Å². The van der Waals surface area contributed by atoms with Gasteiger partial charge in [0.1, 0.15) is 17.7 Å². The molecule has 0 bridgehead atoms. The molecule has 3 fully saturated rings. The summed E-state index contributed by atoms with van der Waals surface area (Å²) in [4.78, 5) is 63.2. The van der Waals surface area contributed by atoms with Crippen molar-refractivity contribution < 1.29 is 19.1 Å². The first-order valence-corrected chi connectivity index (χ1v) is 17.9. The van der Waals surface area contributed by atoms with Crippen molar-refractivity contribution >= 4 is 40.0 Å². The van der Waals surface area contributed by atoms with Gasteiger partial charge in [0.05, 0.1) is 41.3 Å². The van der Waals surface area contributed by atoms with Crippen LogP contribution in [-0.4, -0.2) is 78.4 Å². The van der Waals surface area contributed by atoms with Crippen molar-refractivity contribution in [1.82, 2.24) is 40.0 Å². The second-order valence-corrected chi connectivity index (χ2v) is 13.9. The largest absolute Gasteiger partial charge is 0.453 e. The monoisotopic (exact) mass is 694 g/mol. The van der Waals surface area contributed by atoms with Crippen LogP contribution in [0.1, 0.15) is 72.6 Å². The van der Waals surface area contributed by atoms with Gasteiger partial charge in [-0.25, -0.2) is 14.8 Å². The lowest BCUT2D eigenvalue weighted by molar-refractivity contribution is -0.139. The Labute approximate surface area is 299 Å². The zero-order valence-electron chi connectivity index (χ0n) is 28.7. The number of ether oxygens (including phenoxy) is 1. The summed E-state index contributed by atoms with van der Waals surface area (Å²) in [5, 5.41) is 2.70. The van der Waals surface area contributed by atoms with Crippen molar-refractivity contribution in [2.75, 3.05) is 13.7 Å². The molecule has 52 heavy (non-hydrogen) atoms. The average molecular weight is 695 g/mol. The molecule has 0 spiro atoms. The zero-order valence-corrected chi connectivity index (χ0v) is 28.7. The van der Waals surface area contributed by atoms with E-state index in [0.717, 1.165) is 88.1 Å². The lowest BCUT2D eigenvalue weighted by atomic mass is 9.98. The number of alkyl carbamates (subject to hydrolysis) is 1. The Kier molecular flexibility index (Phi) is 7.94. The lowest BCUT2D eigenvalue weighted by Gasteiger charge is -2.37. The maximum atomic E-state index is 13.4. The van der Waals surface area contributed by atoms with Crippen molar-refractivity contribution in [3.63, 3.8) is 0 Å². The molecular weight excluding hydrogens is 656 g/mol. The van der Waals surface area contributed by atoms with Gasteiger partial charge in [-0.15, -0.1) is 0 Å². The highest BCUT2D eigenvalue weighted by Gasteiger charge is 2.45. The van der Waals surface area contributed by atoms with E-state index >= 15 is 0 Å². The van der Waals surface area contributed by atoms with Crippen LogP contribution in [0.5, 0.6) is 0 Å². The number of fused-ring (bicyclic) bond motifs is 3. The van der Waals surface area contributed by atoms with Gasteiger partial charge in [0.15, 0.2) is 0 Å². The molecule has 9 rings (SSSR count). The minimum atomic E-state index is -0.589. The number of methoxy groups -OCH3 is 1. The molecule has 3 aromatic heterocycles. The number of nitrogens with zero attached hydrogens (tertiary/aromatic N) is 5. The molecule has 3 N–H and O–H groups in total. The van der Waals surface area contributed by atoms with Crippen molar-refractivity contribution in [1.29, 1.82) is 0 Å². The number of piperidine rings is 1. The van der Waals surface area contributed by atoms with Crippen molar-refractivity contribution in [2.45, 2.75) is 62.7 Å². The molecule has 4 atom stereocenters. The van der Waals surface area contributed by atoms with Gasteiger partial charge in [0.2, 0.25) is 5.91 Å². The third-order valence-electron chi connectivity index (χ3n) is 10.9. The number of amides is 3. The highest BCUT2D eigenvalue weighted by Crippen LogP contribution is 2.41. The maximum absolute atomic E-state index is 13.4. The minimum Gasteiger partial charge on any atom is -0.453 e. The van der Waals surface area contributed by atoms with Gasteiger partial charge in [0.25, 0.3) is 5.91 Å². The molecule has 3 saturated heterocycles. The van der Waals surface area contributed by atoms with E-state index < -0.39 is 12.1 Å². The number of carbonyl (C=O) groups excluding carboxylic acids is 3. The molecule has 3 aliphatic heterocycles. The number of H-pyrrole nitrogens is 2. The Bertz CT molecular complexity index is 2320. The van der Waals surface area contributed by atoms with E-state index in [2.05, 4.69) is 68.8 Å².